The molecule has 0 fully saturated rings. The predicted molar refractivity (Wildman–Crippen MR) is 79.8 cm³/mol. The maximum Gasteiger partial charge on any atom is 0.0850 e. The Morgan fingerprint density at radius 3 is 2.79 bits per heavy atom. The second-order valence-electron chi connectivity index (χ2n) is 4.41. The van der Waals surface area contributed by atoms with Crippen molar-refractivity contribution in [2.45, 2.75) is 32.7 Å². The highest BCUT2D eigenvalue weighted by molar-refractivity contribution is 7.07. The molecule has 4 nitrogen and oxygen atoms in total. The molecule has 1 N–H and O–H groups in total. The first-order valence-corrected chi connectivity index (χ1v) is 7.81. The third-order valence-corrected chi connectivity index (χ3v) is 4.20. The molecule has 0 aliphatic heterocycles. The van der Waals surface area contributed by atoms with Gasteiger partial charge in [-0.15, -0.1) is 11.3 Å². The lowest BCUT2D eigenvalue weighted by Crippen LogP contribution is -2.24. The van der Waals surface area contributed by atoms with E-state index in [0.717, 1.165) is 41.5 Å². The molecule has 2 aromatic rings. The number of thiazole rings is 1. The van der Waals surface area contributed by atoms with Crippen molar-refractivity contribution in [1.82, 2.24) is 20.1 Å². The van der Waals surface area contributed by atoms with Gasteiger partial charge in [-0.3, -0.25) is 4.68 Å². The Bertz CT molecular complexity index is 521. The third-order valence-electron chi connectivity index (χ3n) is 3.16. The maximum absolute atomic E-state index is 6.41. The lowest BCUT2D eigenvalue weighted by molar-refractivity contribution is 0.519. The van der Waals surface area contributed by atoms with Gasteiger partial charge in [0.15, 0.2) is 0 Å². The highest BCUT2D eigenvalue weighted by Crippen LogP contribution is 2.26. The number of nitrogens with one attached hydrogen (secondary N) is 1. The molecule has 0 amide bonds. The SMILES string of the molecule is CCNC(Cc1c(Cl)c(CC)nn1C)c1cscn1. The maximum atomic E-state index is 6.41. The lowest BCUT2D eigenvalue weighted by atomic mass is 10.1. The monoisotopic (exact) mass is 298 g/mol. The Morgan fingerprint density at radius 1 is 1.47 bits per heavy atom. The largest absolute Gasteiger partial charge is 0.309 e. The van der Waals surface area contributed by atoms with Crippen LogP contribution in [0.3, 0.4) is 0 Å². The van der Waals surface area contributed by atoms with Gasteiger partial charge in [-0.05, 0) is 13.0 Å². The zero-order valence-electron chi connectivity index (χ0n) is 11.5. The highest BCUT2D eigenvalue weighted by atomic mass is 35.5. The smallest absolute Gasteiger partial charge is 0.0850 e. The van der Waals surface area contributed by atoms with Crippen molar-refractivity contribution in [2.24, 2.45) is 7.05 Å². The number of aryl methyl sites for hydroxylation is 2. The fourth-order valence-electron chi connectivity index (χ4n) is 2.16. The molecule has 0 saturated carbocycles. The number of likely N-dealkylation sites (N-methyl/N-ethyl adjacent to an activating group) is 1. The third kappa shape index (κ3) is 3.16. The Hall–Kier alpha value is -0.910. The van der Waals surface area contributed by atoms with E-state index in [1.54, 1.807) is 11.3 Å². The average Bonchev–Trinajstić information content (AvgIpc) is 3.01. The summed E-state index contributed by atoms with van der Waals surface area (Å²) < 4.78 is 1.89. The topological polar surface area (TPSA) is 42.7 Å². The first kappa shape index (κ1) is 14.5. The van der Waals surface area contributed by atoms with Crippen LogP contribution in [0.5, 0.6) is 0 Å². The van der Waals surface area contributed by atoms with Crippen LogP contribution in [0.4, 0.5) is 0 Å². The summed E-state index contributed by atoms with van der Waals surface area (Å²) in [5.74, 6) is 0. The number of nitrogens with zero attached hydrogens (tertiary/aromatic N) is 3. The van der Waals surface area contributed by atoms with Crippen molar-refractivity contribution in [1.29, 1.82) is 0 Å². The van der Waals surface area contributed by atoms with Crippen LogP contribution in [-0.2, 0) is 19.9 Å². The summed E-state index contributed by atoms with van der Waals surface area (Å²) >= 11 is 8.02. The molecule has 0 aromatic carbocycles. The highest BCUT2D eigenvalue weighted by Gasteiger charge is 2.19. The van der Waals surface area contributed by atoms with Gasteiger partial charge in [0.1, 0.15) is 0 Å². The second kappa shape index (κ2) is 6.50. The number of hydrogen-bond acceptors (Lipinski definition) is 4. The Kier molecular flexibility index (Phi) is 4.96. The fourth-order valence-corrected chi connectivity index (χ4v) is 3.14. The van der Waals surface area contributed by atoms with Crippen LogP contribution in [0.25, 0.3) is 0 Å². The van der Waals surface area contributed by atoms with Crippen molar-refractivity contribution < 1.29 is 0 Å². The Morgan fingerprint density at radius 2 is 2.26 bits per heavy atom. The molecule has 2 heterocycles. The molecule has 1 atom stereocenters. The minimum Gasteiger partial charge on any atom is -0.309 e. The summed E-state index contributed by atoms with van der Waals surface area (Å²) in [7, 11) is 1.95. The molecule has 104 valence electrons. The molecule has 2 aromatic heterocycles. The quantitative estimate of drug-likeness (QED) is 0.891. The summed E-state index contributed by atoms with van der Waals surface area (Å²) in [5, 5.41) is 10.8. The number of halogens is 1. The van der Waals surface area contributed by atoms with Crippen molar-refractivity contribution in [3.05, 3.63) is 33.0 Å². The van der Waals surface area contributed by atoms with Gasteiger partial charge in [-0.2, -0.15) is 5.10 Å². The molecule has 0 saturated heterocycles. The van der Waals surface area contributed by atoms with E-state index in [2.05, 4.69) is 34.6 Å². The molecular formula is C13H19ClN4S. The second-order valence-corrected chi connectivity index (χ2v) is 5.51. The Labute approximate surface area is 122 Å². The number of aromatic nitrogens is 3. The van der Waals surface area contributed by atoms with Crippen LogP contribution >= 0.6 is 22.9 Å². The van der Waals surface area contributed by atoms with Gasteiger partial charge in [-0.1, -0.05) is 25.4 Å². The first-order chi connectivity index (χ1) is 9.17. The van der Waals surface area contributed by atoms with E-state index in [1.807, 2.05) is 17.2 Å². The zero-order chi connectivity index (χ0) is 13.8. The summed E-state index contributed by atoms with van der Waals surface area (Å²) in [5.41, 5.74) is 4.97. The van der Waals surface area contributed by atoms with E-state index >= 15 is 0 Å². The van der Waals surface area contributed by atoms with Crippen LogP contribution in [-0.4, -0.2) is 21.3 Å². The van der Waals surface area contributed by atoms with Gasteiger partial charge in [0.25, 0.3) is 0 Å². The molecule has 0 aliphatic rings. The molecule has 0 aliphatic carbocycles. The van der Waals surface area contributed by atoms with E-state index in [0.29, 0.717) is 0 Å². The van der Waals surface area contributed by atoms with Crippen molar-refractivity contribution >= 4 is 22.9 Å². The van der Waals surface area contributed by atoms with Gasteiger partial charge >= 0.3 is 0 Å². The molecule has 19 heavy (non-hydrogen) atoms. The van der Waals surface area contributed by atoms with Gasteiger partial charge in [0.2, 0.25) is 0 Å². The van der Waals surface area contributed by atoms with Gasteiger partial charge in [0.05, 0.1) is 33.7 Å². The first-order valence-electron chi connectivity index (χ1n) is 6.49. The average molecular weight is 299 g/mol. The lowest BCUT2D eigenvalue weighted by Gasteiger charge is -2.16. The van der Waals surface area contributed by atoms with Crippen LogP contribution in [0.2, 0.25) is 5.02 Å². The predicted octanol–water partition coefficient (Wildman–Crippen LogP) is 2.99. The fraction of sp³-hybridized carbons (Fsp3) is 0.538. The molecule has 2 rings (SSSR count). The van der Waals surface area contributed by atoms with Crippen molar-refractivity contribution in [3.8, 4) is 0 Å². The zero-order valence-corrected chi connectivity index (χ0v) is 13.1. The van der Waals surface area contributed by atoms with E-state index in [1.165, 1.54) is 0 Å². The molecule has 0 radical (unpaired) electrons. The molecular weight excluding hydrogens is 280 g/mol. The number of rotatable bonds is 6. The van der Waals surface area contributed by atoms with E-state index in [-0.39, 0.29) is 6.04 Å². The molecule has 6 heteroatoms. The molecule has 1 unspecified atom stereocenters. The van der Waals surface area contributed by atoms with Gasteiger partial charge in [-0.25, -0.2) is 4.98 Å². The summed E-state index contributed by atoms with van der Waals surface area (Å²) in [4.78, 5) is 4.40. The van der Waals surface area contributed by atoms with E-state index in [4.69, 9.17) is 11.6 Å². The Balaban J connectivity index is 2.24. The van der Waals surface area contributed by atoms with E-state index in [9.17, 15) is 0 Å². The molecule has 0 spiro atoms. The standard InChI is InChI=1S/C13H19ClN4S/c1-4-9-13(14)12(18(3)17-9)6-10(15-5-2)11-7-19-8-16-11/h7-8,10,15H,4-6H2,1-3H3. The normalized spacial score (nSPS) is 12.8. The summed E-state index contributed by atoms with van der Waals surface area (Å²) in [6, 6.07) is 0.189. The van der Waals surface area contributed by atoms with Crippen molar-refractivity contribution in [2.75, 3.05) is 6.54 Å². The minimum absolute atomic E-state index is 0.189. The van der Waals surface area contributed by atoms with Crippen LogP contribution in [0, 0.1) is 0 Å². The van der Waals surface area contributed by atoms with Gasteiger partial charge in [0, 0.05) is 18.8 Å². The minimum atomic E-state index is 0.189. The number of hydrogen-bond donors (Lipinski definition) is 1. The summed E-state index contributed by atoms with van der Waals surface area (Å²) in [6.07, 6.45) is 1.66. The van der Waals surface area contributed by atoms with Crippen LogP contribution < -0.4 is 5.32 Å². The molecule has 0 bridgehead atoms. The summed E-state index contributed by atoms with van der Waals surface area (Å²) in [6.45, 7) is 5.07. The van der Waals surface area contributed by atoms with Crippen molar-refractivity contribution in [3.63, 3.8) is 0 Å². The van der Waals surface area contributed by atoms with E-state index < -0.39 is 0 Å². The van der Waals surface area contributed by atoms with Crippen LogP contribution in [0.15, 0.2) is 10.9 Å². The van der Waals surface area contributed by atoms with Gasteiger partial charge < -0.3 is 5.32 Å². The van der Waals surface area contributed by atoms with Crippen LogP contribution in [0.1, 0.15) is 37.0 Å².